The Labute approximate surface area is 161 Å². The van der Waals surface area contributed by atoms with Crippen LogP contribution in [-0.2, 0) is 9.57 Å². The Morgan fingerprint density at radius 2 is 1.63 bits per heavy atom. The largest absolute Gasteiger partial charge is 0.632 e. The van der Waals surface area contributed by atoms with Crippen LogP contribution < -0.4 is 5.06 Å². The van der Waals surface area contributed by atoms with E-state index in [1.165, 1.54) is 0 Å². The Bertz CT molecular complexity index is 732. The van der Waals surface area contributed by atoms with Gasteiger partial charge in [0.15, 0.2) is 12.0 Å². The Kier molecular flexibility index (Phi) is 5.30. The van der Waals surface area contributed by atoms with Crippen molar-refractivity contribution in [3.8, 4) is 0 Å². The van der Waals surface area contributed by atoms with Gasteiger partial charge in [-0.2, -0.15) is 0 Å². The normalized spacial score (nSPS) is 31.1. The molecule has 2 aliphatic heterocycles. The molecule has 1 N–H and O–H groups in total. The summed E-state index contributed by atoms with van der Waals surface area (Å²) in [6, 6.07) is 19.8. The Morgan fingerprint density at radius 3 is 2.22 bits per heavy atom. The van der Waals surface area contributed by atoms with E-state index in [1.54, 1.807) is 0 Å². The number of ether oxygens (including phenoxy) is 1. The van der Waals surface area contributed by atoms with E-state index in [-0.39, 0.29) is 23.4 Å². The van der Waals surface area contributed by atoms with Crippen LogP contribution in [0.15, 0.2) is 60.7 Å². The zero-order chi connectivity index (χ0) is 18.9. The van der Waals surface area contributed by atoms with E-state index >= 15 is 0 Å². The Morgan fingerprint density at radius 1 is 1.00 bits per heavy atom. The maximum Gasteiger partial charge on any atom is 0.177 e. The van der Waals surface area contributed by atoms with Crippen LogP contribution in [-0.4, -0.2) is 23.6 Å². The number of quaternary nitrogens is 1. The zero-order valence-corrected chi connectivity index (χ0v) is 16.0. The molecule has 0 radical (unpaired) electrons. The first-order valence-electron chi connectivity index (χ1n) is 9.81. The van der Waals surface area contributed by atoms with Gasteiger partial charge in [-0.25, -0.2) is 0 Å². The molecule has 0 aromatic heterocycles. The van der Waals surface area contributed by atoms with Crippen molar-refractivity contribution in [2.24, 2.45) is 0 Å². The minimum atomic E-state index is -0.734. The first-order valence-corrected chi connectivity index (χ1v) is 9.81. The molecule has 2 saturated heterocycles. The second kappa shape index (κ2) is 7.70. The number of hydrogen-bond donors (Lipinski definition) is 1. The second-order valence-electron chi connectivity index (χ2n) is 7.89. The molecule has 4 unspecified atom stereocenters. The summed E-state index contributed by atoms with van der Waals surface area (Å²) in [4.78, 5) is 6.35. The fourth-order valence-electron chi connectivity index (χ4n) is 4.21. The molecular formula is C22H28N2O3. The van der Waals surface area contributed by atoms with Gasteiger partial charge in [0.05, 0.1) is 0 Å². The van der Waals surface area contributed by atoms with Crippen LogP contribution in [0, 0.1) is 5.21 Å². The van der Waals surface area contributed by atoms with Crippen molar-refractivity contribution < 1.29 is 14.6 Å². The highest BCUT2D eigenvalue weighted by Crippen LogP contribution is 2.41. The summed E-state index contributed by atoms with van der Waals surface area (Å²) >= 11 is 0. The van der Waals surface area contributed by atoms with Gasteiger partial charge in [0.25, 0.3) is 0 Å². The summed E-state index contributed by atoms with van der Waals surface area (Å²) in [7, 11) is 0. The number of nitrogens with one attached hydrogen (secondary N) is 1. The van der Waals surface area contributed by atoms with E-state index in [0.717, 1.165) is 30.4 Å². The fraction of sp³-hybridized carbons (Fsp3) is 0.455. The van der Waals surface area contributed by atoms with Crippen LogP contribution in [0.1, 0.15) is 56.3 Å². The van der Waals surface area contributed by atoms with Crippen molar-refractivity contribution in [2.75, 3.05) is 6.61 Å². The molecule has 2 aromatic rings. The molecule has 144 valence electrons. The Hall–Kier alpha value is -1.76. The number of hydrogen-bond acceptors (Lipinski definition) is 4. The van der Waals surface area contributed by atoms with Crippen LogP contribution in [0.25, 0.3) is 0 Å². The maximum atomic E-state index is 13.5. The van der Waals surface area contributed by atoms with Crippen molar-refractivity contribution in [1.82, 2.24) is 5.06 Å². The maximum absolute atomic E-state index is 13.5. The molecule has 5 nitrogen and oxygen atoms in total. The van der Waals surface area contributed by atoms with Gasteiger partial charge < -0.3 is 15.0 Å². The molecule has 0 saturated carbocycles. The number of hydroxylamine groups is 4. The lowest BCUT2D eigenvalue weighted by Crippen LogP contribution is -3.14. The first kappa shape index (κ1) is 18.6. The molecule has 2 aromatic carbocycles. The van der Waals surface area contributed by atoms with Gasteiger partial charge in [-0.1, -0.05) is 60.7 Å². The van der Waals surface area contributed by atoms with Crippen LogP contribution in [0.5, 0.6) is 0 Å². The molecule has 0 bridgehead atoms. The lowest BCUT2D eigenvalue weighted by atomic mass is 9.94. The van der Waals surface area contributed by atoms with Gasteiger partial charge in [-0.3, -0.25) is 4.84 Å². The fourth-order valence-corrected chi connectivity index (χ4v) is 4.21. The third-order valence-electron chi connectivity index (χ3n) is 5.67. The SMILES string of the molecule is CC1(C)N(OC2CCCCO2)C(c2ccccc2)C(c2ccccc2)[NH+]1[O-]. The minimum absolute atomic E-state index is 0.179. The van der Waals surface area contributed by atoms with Gasteiger partial charge in [0.2, 0.25) is 0 Å². The molecule has 2 heterocycles. The average molecular weight is 368 g/mol. The van der Waals surface area contributed by atoms with E-state index in [4.69, 9.17) is 9.57 Å². The number of nitrogens with zero attached hydrogens (tertiary/aromatic N) is 1. The number of benzene rings is 2. The van der Waals surface area contributed by atoms with E-state index in [2.05, 4.69) is 12.1 Å². The summed E-state index contributed by atoms with van der Waals surface area (Å²) in [6.07, 6.45) is 2.73. The quantitative estimate of drug-likeness (QED) is 0.841. The molecule has 2 aliphatic rings. The highest BCUT2D eigenvalue weighted by atomic mass is 16.8. The molecule has 4 atom stereocenters. The molecular weight excluding hydrogens is 340 g/mol. The van der Waals surface area contributed by atoms with Gasteiger partial charge in [-0.15, -0.1) is 5.06 Å². The van der Waals surface area contributed by atoms with Crippen molar-refractivity contribution >= 4 is 0 Å². The Balaban J connectivity index is 1.74. The van der Waals surface area contributed by atoms with Crippen LogP contribution >= 0.6 is 0 Å². The van der Waals surface area contributed by atoms with Crippen LogP contribution in [0.4, 0.5) is 0 Å². The average Bonchev–Trinajstić information content (AvgIpc) is 2.91. The van der Waals surface area contributed by atoms with E-state index < -0.39 is 5.66 Å². The van der Waals surface area contributed by atoms with Crippen LogP contribution in [0.3, 0.4) is 0 Å². The van der Waals surface area contributed by atoms with Gasteiger partial charge >= 0.3 is 0 Å². The van der Waals surface area contributed by atoms with Gasteiger partial charge in [0, 0.05) is 32.4 Å². The summed E-state index contributed by atoms with van der Waals surface area (Å²) in [6.45, 7) is 4.62. The molecule has 0 aliphatic carbocycles. The highest BCUT2D eigenvalue weighted by Gasteiger charge is 2.56. The predicted octanol–water partition coefficient (Wildman–Crippen LogP) is 3.36. The van der Waals surface area contributed by atoms with Crippen molar-refractivity contribution in [3.63, 3.8) is 0 Å². The standard InChI is InChI=1S/C22H28N2O3/c1-22(2)23(25)20(17-11-5-3-6-12-17)21(18-13-7-4-8-14-18)24(22)27-19-15-9-10-16-26-19/h3-8,11-14,19-21,23H,9-10,15-16H2,1-2H3. The van der Waals surface area contributed by atoms with Gasteiger partial charge in [-0.05, 0) is 18.4 Å². The summed E-state index contributed by atoms with van der Waals surface area (Å²) in [5, 5.41) is 15.6. The molecule has 2 fully saturated rings. The lowest BCUT2D eigenvalue weighted by Gasteiger charge is -2.39. The second-order valence-corrected chi connectivity index (χ2v) is 7.89. The first-order chi connectivity index (χ1) is 13.1. The van der Waals surface area contributed by atoms with Crippen molar-refractivity contribution in [3.05, 3.63) is 77.0 Å². The predicted molar refractivity (Wildman–Crippen MR) is 103 cm³/mol. The minimum Gasteiger partial charge on any atom is -0.632 e. The molecule has 5 heteroatoms. The molecule has 27 heavy (non-hydrogen) atoms. The van der Waals surface area contributed by atoms with Crippen molar-refractivity contribution in [2.45, 2.75) is 57.1 Å². The summed E-state index contributed by atoms with van der Waals surface area (Å²) < 4.78 is 5.82. The number of rotatable bonds is 4. The third-order valence-corrected chi connectivity index (χ3v) is 5.67. The molecule has 0 amide bonds. The summed E-state index contributed by atoms with van der Waals surface area (Å²) in [5.41, 5.74) is 1.38. The van der Waals surface area contributed by atoms with E-state index in [0.29, 0.717) is 6.61 Å². The van der Waals surface area contributed by atoms with E-state index in [1.807, 2.05) is 67.4 Å². The summed E-state index contributed by atoms with van der Waals surface area (Å²) in [5.74, 6) is 0. The topological polar surface area (TPSA) is 49.2 Å². The van der Waals surface area contributed by atoms with Crippen LogP contribution in [0.2, 0.25) is 0 Å². The molecule has 0 spiro atoms. The van der Waals surface area contributed by atoms with Gasteiger partial charge in [0.1, 0.15) is 12.1 Å². The van der Waals surface area contributed by atoms with E-state index in [9.17, 15) is 5.21 Å². The molecule has 4 rings (SSSR count). The van der Waals surface area contributed by atoms with Crippen molar-refractivity contribution in [1.29, 1.82) is 0 Å². The monoisotopic (exact) mass is 368 g/mol. The smallest absolute Gasteiger partial charge is 0.177 e. The lowest BCUT2D eigenvalue weighted by molar-refractivity contribution is -0.928. The highest BCUT2D eigenvalue weighted by molar-refractivity contribution is 5.27. The third kappa shape index (κ3) is 3.53. The zero-order valence-electron chi connectivity index (χ0n) is 16.0.